The molecule has 0 aliphatic carbocycles. The Hall–Kier alpha value is -0.400. The lowest BCUT2D eigenvalue weighted by atomic mass is 10.4. The van der Waals surface area contributed by atoms with Crippen molar-refractivity contribution < 1.29 is 8.42 Å². The van der Waals surface area contributed by atoms with Gasteiger partial charge in [-0.2, -0.15) is 5.10 Å². The Balaban J connectivity index is 2.86. The molecule has 1 aromatic heterocycles. The van der Waals surface area contributed by atoms with Gasteiger partial charge in [0, 0.05) is 24.6 Å². The Morgan fingerprint density at radius 2 is 2.36 bits per heavy atom. The largest absolute Gasteiger partial charge is 0.274 e. The van der Waals surface area contributed by atoms with E-state index in [-0.39, 0.29) is 10.9 Å². The molecule has 1 aromatic rings. The number of rotatable bonds is 4. The smallest absolute Gasteiger partial charge is 0.243 e. The fourth-order valence-electron chi connectivity index (χ4n) is 0.902. The average Bonchev–Trinajstić information content (AvgIpc) is 2.51. The third-order valence-electron chi connectivity index (χ3n) is 1.58. The number of sulfonamides is 1. The second-order valence-corrected chi connectivity index (χ2v) is 5.39. The standard InChI is InChI=1S/C7H12BrN3O2S/c1-6(3-8)10-14(12,13)7-4-9-11(2)5-7/h4-6,10H,3H2,1-2H3. The van der Waals surface area contributed by atoms with Gasteiger partial charge >= 0.3 is 0 Å². The molecule has 1 N–H and O–H groups in total. The molecule has 0 radical (unpaired) electrons. The summed E-state index contributed by atoms with van der Waals surface area (Å²) in [5.74, 6) is 0. The van der Waals surface area contributed by atoms with E-state index >= 15 is 0 Å². The number of alkyl halides is 1. The Bertz CT molecular complexity index is 401. The molecular weight excluding hydrogens is 270 g/mol. The summed E-state index contributed by atoms with van der Waals surface area (Å²) in [6.45, 7) is 1.78. The summed E-state index contributed by atoms with van der Waals surface area (Å²) in [7, 11) is -1.74. The molecule has 0 fully saturated rings. The summed E-state index contributed by atoms with van der Waals surface area (Å²) in [6, 6.07) is -0.139. The molecule has 0 aliphatic rings. The zero-order chi connectivity index (χ0) is 10.8. The van der Waals surface area contributed by atoms with E-state index in [1.807, 2.05) is 0 Å². The number of aromatic nitrogens is 2. The lowest BCUT2D eigenvalue weighted by molar-refractivity contribution is 0.571. The van der Waals surface area contributed by atoms with E-state index in [0.717, 1.165) is 0 Å². The minimum atomic E-state index is -3.41. The summed E-state index contributed by atoms with van der Waals surface area (Å²) in [5, 5.41) is 4.38. The first-order valence-corrected chi connectivity index (χ1v) is 6.63. The predicted molar refractivity (Wildman–Crippen MR) is 56.8 cm³/mol. The van der Waals surface area contributed by atoms with Crippen LogP contribution < -0.4 is 4.72 Å². The van der Waals surface area contributed by atoms with Crippen molar-refractivity contribution in [3.8, 4) is 0 Å². The van der Waals surface area contributed by atoms with Gasteiger partial charge in [0.05, 0.1) is 6.20 Å². The van der Waals surface area contributed by atoms with Crippen molar-refractivity contribution in [3.05, 3.63) is 12.4 Å². The van der Waals surface area contributed by atoms with Crippen molar-refractivity contribution in [1.29, 1.82) is 0 Å². The van der Waals surface area contributed by atoms with E-state index in [1.54, 1.807) is 14.0 Å². The van der Waals surface area contributed by atoms with Crippen LogP contribution in [0.2, 0.25) is 0 Å². The third kappa shape index (κ3) is 2.79. The number of aryl methyl sites for hydroxylation is 1. The van der Waals surface area contributed by atoms with Crippen LogP contribution in [0.3, 0.4) is 0 Å². The van der Waals surface area contributed by atoms with Crippen LogP contribution in [0.1, 0.15) is 6.92 Å². The maximum absolute atomic E-state index is 11.6. The van der Waals surface area contributed by atoms with Crippen LogP contribution in [-0.2, 0) is 17.1 Å². The van der Waals surface area contributed by atoms with Gasteiger partial charge in [0.15, 0.2) is 0 Å². The van der Waals surface area contributed by atoms with E-state index in [2.05, 4.69) is 25.8 Å². The molecule has 0 aliphatic heterocycles. The fraction of sp³-hybridized carbons (Fsp3) is 0.571. The number of nitrogens with zero attached hydrogens (tertiary/aromatic N) is 2. The molecule has 5 nitrogen and oxygen atoms in total. The van der Waals surface area contributed by atoms with Crippen molar-refractivity contribution in [2.24, 2.45) is 7.05 Å². The van der Waals surface area contributed by atoms with Crippen molar-refractivity contribution >= 4 is 26.0 Å². The second-order valence-electron chi connectivity index (χ2n) is 3.03. The molecule has 0 bridgehead atoms. The lowest BCUT2D eigenvalue weighted by Crippen LogP contribution is -2.33. The SMILES string of the molecule is CC(CBr)NS(=O)(=O)c1cnn(C)c1. The van der Waals surface area contributed by atoms with Crippen LogP contribution >= 0.6 is 15.9 Å². The van der Waals surface area contributed by atoms with E-state index in [1.165, 1.54) is 17.1 Å². The first kappa shape index (κ1) is 11.7. The minimum Gasteiger partial charge on any atom is -0.274 e. The molecule has 1 heterocycles. The first-order valence-electron chi connectivity index (χ1n) is 4.02. The van der Waals surface area contributed by atoms with Gasteiger partial charge in [-0.05, 0) is 6.92 Å². The van der Waals surface area contributed by atoms with Crippen LogP contribution in [0, 0.1) is 0 Å². The first-order chi connectivity index (χ1) is 6.45. The Morgan fingerprint density at radius 3 is 2.79 bits per heavy atom. The highest BCUT2D eigenvalue weighted by atomic mass is 79.9. The predicted octanol–water partition coefficient (Wildman–Crippen LogP) is 0.482. The maximum atomic E-state index is 11.6. The molecule has 0 spiro atoms. The normalized spacial score (nSPS) is 14.2. The molecule has 0 saturated carbocycles. The summed E-state index contributed by atoms with van der Waals surface area (Å²) >= 11 is 3.20. The molecule has 0 saturated heterocycles. The zero-order valence-electron chi connectivity index (χ0n) is 7.94. The van der Waals surface area contributed by atoms with Crippen LogP contribution in [0.25, 0.3) is 0 Å². The van der Waals surface area contributed by atoms with Gasteiger partial charge in [-0.3, -0.25) is 4.68 Å². The van der Waals surface area contributed by atoms with Gasteiger partial charge in [-0.25, -0.2) is 13.1 Å². The molecule has 1 atom stereocenters. The molecule has 7 heteroatoms. The summed E-state index contributed by atoms with van der Waals surface area (Å²) in [4.78, 5) is 0.188. The Kier molecular flexibility index (Phi) is 3.68. The van der Waals surface area contributed by atoms with Crippen LogP contribution in [0.15, 0.2) is 17.3 Å². The molecule has 14 heavy (non-hydrogen) atoms. The van der Waals surface area contributed by atoms with Gasteiger partial charge in [0.2, 0.25) is 10.0 Å². The van der Waals surface area contributed by atoms with Gasteiger partial charge in [0.25, 0.3) is 0 Å². The van der Waals surface area contributed by atoms with Crippen molar-refractivity contribution in [2.45, 2.75) is 17.9 Å². The highest BCUT2D eigenvalue weighted by Crippen LogP contribution is 2.07. The number of halogens is 1. The van der Waals surface area contributed by atoms with Crippen LogP contribution in [0.5, 0.6) is 0 Å². The van der Waals surface area contributed by atoms with Gasteiger partial charge in [0.1, 0.15) is 4.90 Å². The van der Waals surface area contributed by atoms with Gasteiger partial charge < -0.3 is 0 Å². The topological polar surface area (TPSA) is 64.0 Å². The van der Waals surface area contributed by atoms with E-state index < -0.39 is 10.0 Å². The van der Waals surface area contributed by atoms with Gasteiger partial charge in [-0.1, -0.05) is 15.9 Å². The highest BCUT2D eigenvalue weighted by molar-refractivity contribution is 9.09. The number of nitrogens with one attached hydrogen (secondary N) is 1. The van der Waals surface area contributed by atoms with Crippen molar-refractivity contribution in [2.75, 3.05) is 5.33 Å². The zero-order valence-corrected chi connectivity index (χ0v) is 10.3. The molecule has 80 valence electrons. The lowest BCUT2D eigenvalue weighted by Gasteiger charge is -2.09. The number of hydrogen-bond donors (Lipinski definition) is 1. The van der Waals surface area contributed by atoms with E-state index in [0.29, 0.717) is 5.33 Å². The summed E-state index contributed by atoms with van der Waals surface area (Å²) in [6.07, 6.45) is 2.78. The monoisotopic (exact) mass is 281 g/mol. The average molecular weight is 282 g/mol. The maximum Gasteiger partial charge on any atom is 0.243 e. The van der Waals surface area contributed by atoms with Crippen LogP contribution in [0.4, 0.5) is 0 Å². The van der Waals surface area contributed by atoms with E-state index in [9.17, 15) is 8.42 Å². The quantitative estimate of drug-likeness (QED) is 0.817. The van der Waals surface area contributed by atoms with Gasteiger partial charge in [-0.15, -0.1) is 0 Å². The summed E-state index contributed by atoms with van der Waals surface area (Å²) in [5.41, 5.74) is 0. The molecule has 1 rings (SSSR count). The fourth-order valence-corrected chi connectivity index (χ4v) is 2.50. The van der Waals surface area contributed by atoms with Crippen molar-refractivity contribution in [3.63, 3.8) is 0 Å². The second kappa shape index (κ2) is 4.41. The van der Waals surface area contributed by atoms with E-state index in [4.69, 9.17) is 0 Å². The molecule has 0 amide bonds. The van der Waals surface area contributed by atoms with Crippen molar-refractivity contribution in [1.82, 2.24) is 14.5 Å². The molecule has 1 unspecified atom stereocenters. The number of hydrogen-bond acceptors (Lipinski definition) is 3. The Labute approximate surface area is 91.7 Å². The van der Waals surface area contributed by atoms with Crippen LogP contribution in [-0.4, -0.2) is 29.6 Å². The molecular formula is C7H12BrN3O2S. The highest BCUT2D eigenvalue weighted by Gasteiger charge is 2.17. The molecule has 0 aromatic carbocycles. The minimum absolute atomic E-state index is 0.139. The third-order valence-corrected chi connectivity index (χ3v) is 4.09. The summed E-state index contributed by atoms with van der Waals surface area (Å²) < 4.78 is 27.2. The Morgan fingerprint density at radius 1 is 1.71 bits per heavy atom.